The molecular weight excluding hydrogens is 178 g/mol. The molecule has 0 aromatic heterocycles. The predicted octanol–water partition coefficient (Wildman–Crippen LogP) is 1.17. The van der Waals surface area contributed by atoms with E-state index in [0.29, 0.717) is 5.92 Å². The minimum Gasteiger partial charge on any atom is -0.381 e. The van der Waals surface area contributed by atoms with Crippen LogP contribution < -0.4 is 5.73 Å². The number of methoxy groups -OCH3 is 1. The minimum absolute atomic E-state index is 0.219. The molecule has 2 unspecified atom stereocenters. The lowest BCUT2D eigenvalue weighted by Gasteiger charge is -2.32. The quantitative estimate of drug-likeness (QED) is 0.739. The van der Waals surface area contributed by atoms with Gasteiger partial charge in [0, 0.05) is 26.4 Å². The first-order valence-electron chi connectivity index (χ1n) is 5.69. The summed E-state index contributed by atoms with van der Waals surface area (Å²) >= 11 is 0. The van der Waals surface area contributed by atoms with Gasteiger partial charge in [0.05, 0.1) is 6.10 Å². The van der Waals surface area contributed by atoms with Crippen LogP contribution in [0.4, 0.5) is 0 Å². The van der Waals surface area contributed by atoms with Gasteiger partial charge in [0.2, 0.25) is 0 Å². The Morgan fingerprint density at radius 3 is 2.29 bits per heavy atom. The fourth-order valence-electron chi connectivity index (χ4n) is 2.46. The van der Waals surface area contributed by atoms with Gasteiger partial charge in [-0.2, -0.15) is 0 Å². The van der Waals surface area contributed by atoms with Crippen LogP contribution in [0.5, 0.6) is 0 Å². The normalized spacial score (nSPS) is 28.7. The topological polar surface area (TPSA) is 44.5 Å². The van der Waals surface area contributed by atoms with Gasteiger partial charge in [0.15, 0.2) is 0 Å². The molecule has 3 nitrogen and oxygen atoms in total. The van der Waals surface area contributed by atoms with E-state index in [2.05, 4.69) is 0 Å². The lowest BCUT2D eigenvalue weighted by molar-refractivity contribution is 0.00596. The van der Waals surface area contributed by atoms with Gasteiger partial charge in [-0.1, -0.05) is 0 Å². The summed E-state index contributed by atoms with van der Waals surface area (Å²) in [5.41, 5.74) is 6.26. The van der Waals surface area contributed by atoms with E-state index < -0.39 is 0 Å². The fourth-order valence-corrected chi connectivity index (χ4v) is 2.46. The fraction of sp³-hybridized carbons (Fsp3) is 1.00. The zero-order chi connectivity index (χ0) is 9.97. The van der Waals surface area contributed by atoms with Crippen molar-refractivity contribution in [1.82, 2.24) is 0 Å². The van der Waals surface area contributed by atoms with Crippen molar-refractivity contribution in [1.29, 1.82) is 0 Å². The van der Waals surface area contributed by atoms with Crippen molar-refractivity contribution < 1.29 is 9.47 Å². The Morgan fingerprint density at radius 2 is 1.79 bits per heavy atom. The maximum Gasteiger partial charge on any atom is 0.0752 e. The molecule has 2 atom stereocenters. The predicted molar refractivity (Wildman–Crippen MR) is 55.0 cm³/mol. The Labute approximate surface area is 85.9 Å². The summed E-state index contributed by atoms with van der Waals surface area (Å²) in [6.45, 7) is 1.75. The van der Waals surface area contributed by atoms with Crippen LogP contribution in [0.3, 0.4) is 0 Å². The van der Waals surface area contributed by atoms with Crippen LogP contribution in [0.2, 0.25) is 0 Å². The number of hydrogen-bond donors (Lipinski definition) is 1. The van der Waals surface area contributed by atoms with E-state index >= 15 is 0 Å². The lowest BCUT2D eigenvalue weighted by Crippen LogP contribution is -2.45. The highest BCUT2D eigenvalue weighted by atomic mass is 16.5. The number of ether oxygens (including phenoxy) is 2. The second kappa shape index (κ2) is 4.60. The van der Waals surface area contributed by atoms with E-state index in [9.17, 15) is 0 Å². The smallest absolute Gasteiger partial charge is 0.0752 e. The molecule has 0 amide bonds. The van der Waals surface area contributed by atoms with E-state index in [1.165, 1.54) is 12.8 Å². The van der Waals surface area contributed by atoms with Gasteiger partial charge in [-0.15, -0.1) is 0 Å². The van der Waals surface area contributed by atoms with Crippen molar-refractivity contribution in [3.8, 4) is 0 Å². The summed E-state index contributed by atoms with van der Waals surface area (Å²) in [5, 5.41) is 0. The average molecular weight is 199 g/mol. The Bertz CT molecular complexity index is 176. The summed E-state index contributed by atoms with van der Waals surface area (Å²) in [6, 6.07) is 0.219. The molecule has 2 N–H and O–H groups in total. The third-order valence-corrected chi connectivity index (χ3v) is 3.55. The number of nitrogens with two attached hydrogens (primary N) is 1. The van der Waals surface area contributed by atoms with E-state index in [-0.39, 0.29) is 12.1 Å². The molecule has 2 rings (SSSR count). The maximum atomic E-state index is 6.26. The monoisotopic (exact) mass is 199 g/mol. The van der Waals surface area contributed by atoms with Gasteiger partial charge < -0.3 is 15.2 Å². The standard InChI is InChI=1S/C11H21NO2/c1-13-11(9-2-3-9)10(12)8-4-6-14-7-5-8/h8-11H,2-7,12H2,1H3. The Balaban J connectivity index is 1.86. The third kappa shape index (κ3) is 2.27. The van der Waals surface area contributed by atoms with Crippen LogP contribution in [0, 0.1) is 11.8 Å². The summed E-state index contributed by atoms with van der Waals surface area (Å²) in [7, 11) is 1.79. The van der Waals surface area contributed by atoms with E-state index in [0.717, 1.165) is 32.0 Å². The van der Waals surface area contributed by atoms with E-state index in [1.54, 1.807) is 7.11 Å². The molecule has 82 valence electrons. The molecule has 0 aromatic carbocycles. The van der Waals surface area contributed by atoms with Crippen molar-refractivity contribution >= 4 is 0 Å². The van der Waals surface area contributed by atoms with Crippen LogP contribution >= 0.6 is 0 Å². The van der Waals surface area contributed by atoms with E-state index in [1.807, 2.05) is 0 Å². The molecule has 0 radical (unpaired) electrons. The zero-order valence-electron chi connectivity index (χ0n) is 8.95. The minimum atomic E-state index is 0.219. The first-order valence-corrected chi connectivity index (χ1v) is 5.69. The molecule has 0 spiro atoms. The molecule has 0 bridgehead atoms. The molecule has 1 saturated heterocycles. The molecule has 1 saturated carbocycles. The second-order valence-electron chi connectivity index (χ2n) is 4.56. The Hall–Kier alpha value is -0.120. The molecule has 1 aliphatic carbocycles. The third-order valence-electron chi connectivity index (χ3n) is 3.55. The van der Waals surface area contributed by atoms with Crippen LogP contribution in [0.25, 0.3) is 0 Å². The van der Waals surface area contributed by atoms with Gasteiger partial charge in [0.1, 0.15) is 0 Å². The molecule has 3 heteroatoms. The van der Waals surface area contributed by atoms with Crippen molar-refractivity contribution in [3.63, 3.8) is 0 Å². The SMILES string of the molecule is COC(C1CC1)C(N)C1CCOCC1. The van der Waals surface area contributed by atoms with Crippen molar-refractivity contribution in [3.05, 3.63) is 0 Å². The van der Waals surface area contributed by atoms with Crippen LogP contribution in [0.15, 0.2) is 0 Å². The summed E-state index contributed by atoms with van der Waals surface area (Å²) < 4.78 is 10.9. The average Bonchev–Trinajstić information content (AvgIpc) is 3.04. The molecular formula is C11H21NO2. The Morgan fingerprint density at radius 1 is 1.14 bits per heavy atom. The molecule has 0 aromatic rings. The highest BCUT2D eigenvalue weighted by molar-refractivity contribution is 4.92. The number of rotatable bonds is 4. The summed E-state index contributed by atoms with van der Waals surface area (Å²) in [5.74, 6) is 1.34. The van der Waals surface area contributed by atoms with Gasteiger partial charge >= 0.3 is 0 Å². The lowest BCUT2D eigenvalue weighted by atomic mass is 9.87. The molecule has 1 heterocycles. The highest BCUT2D eigenvalue weighted by Gasteiger charge is 2.38. The van der Waals surface area contributed by atoms with E-state index in [4.69, 9.17) is 15.2 Å². The summed E-state index contributed by atoms with van der Waals surface area (Å²) in [6.07, 6.45) is 5.10. The number of hydrogen-bond acceptors (Lipinski definition) is 3. The Kier molecular flexibility index (Phi) is 3.42. The van der Waals surface area contributed by atoms with Gasteiger partial charge in [0.25, 0.3) is 0 Å². The van der Waals surface area contributed by atoms with Gasteiger partial charge in [-0.25, -0.2) is 0 Å². The molecule has 2 aliphatic rings. The van der Waals surface area contributed by atoms with Crippen LogP contribution in [-0.4, -0.2) is 32.5 Å². The summed E-state index contributed by atoms with van der Waals surface area (Å²) in [4.78, 5) is 0. The first-order chi connectivity index (χ1) is 6.83. The molecule has 2 fully saturated rings. The molecule has 14 heavy (non-hydrogen) atoms. The maximum absolute atomic E-state index is 6.26. The van der Waals surface area contributed by atoms with Crippen molar-refractivity contribution in [2.75, 3.05) is 20.3 Å². The highest BCUT2D eigenvalue weighted by Crippen LogP contribution is 2.37. The van der Waals surface area contributed by atoms with Crippen molar-refractivity contribution in [2.45, 2.75) is 37.8 Å². The van der Waals surface area contributed by atoms with Crippen LogP contribution in [0.1, 0.15) is 25.7 Å². The largest absolute Gasteiger partial charge is 0.381 e. The second-order valence-corrected chi connectivity index (χ2v) is 4.56. The van der Waals surface area contributed by atoms with Gasteiger partial charge in [-0.05, 0) is 37.5 Å². The molecule has 1 aliphatic heterocycles. The van der Waals surface area contributed by atoms with Crippen molar-refractivity contribution in [2.24, 2.45) is 17.6 Å². The van der Waals surface area contributed by atoms with Gasteiger partial charge in [-0.3, -0.25) is 0 Å². The first kappa shape index (κ1) is 10.4. The zero-order valence-corrected chi connectivity index (χ0v) is 8.95. The van der Waals surface area contributed by atoms with Crippen LogP contribution in [-0.2, 0) is 9.47 Å².